The molecule has 0 aliphatic heterocycles. The molecule has 0 aliphatic rings. The minimum atomic E-state index is 0.145. The van der Waals surface area contributed by atoms with Crippen LogP contribution in [0, 0.1) is 6.92 Å². The first-order valence-corrected chi connectivity index (χ1v) is 7.67. The number of anilines is 1. The summed E-state index contributed by atoms with van der Waals surface area (Å²) in [6.45, 7) is 2.82. The van der Waals surface area contributed by atoms with Crippen LogP contribution in [0.15, 0.2) is 30.7 Å². The number of rotatable bonds is 5. The summed E-state index contributed by atoms with van der Waals surface area (Å²) in [6, 6.07) is 4.21. The van der Waals surface area contributed by atoms with Crippen LogP contribution in [0.5, 0.6) is 0 Å². The number of nitrogens with zero attached hydrogens (tertiary/aromatic N) is 5. The normalized spacial score (nSPS) is 11.1. The minimum absolute atomic E-state index is 0.145. The van der Waals surface area contributed by atoms with Crippen LogP contribution in [0.2, 0.25) is 0 Å². The lowest BCUT2D eigenvalue weighted by Crippen LogP contribution is -2.10. The zero-order valence-corrected chi connectivity index (χ0v) is 13.7. The van der Waals surface area contributed by atoms with Gasteiger partial charge in [0, 0.05) is 57.0 Å². The second-order valence-corrected chi connectivity index (χ2v) is 5.86. The van der Waals surface area contributed by atoms with Crippen molar-refractivity contribution in [1.29, 1.82) is 0 Å². The molecule has 0 atom stereocenters. The Morgan fingerprint density at radius 1 is 1.13 bits per heavy atom. The van der Waals surface area contributed by atoms with Crippen LogP contribution < -0.4 is 4.90 Å². The van der Waals surface area contributed by atoms with Crippen LogP contribution in [-0.4, -0.2) is 45.6 Å². The smallest absolute Gasteiger partial charge is 0.160 e. The van der Waals surface area contributed by atoms with Crippen LogP contribution >= 0.6 is 0 Å². The van der Waals surface area contributed by atoms with Gasteiger partial charge in [0.05, 0.1) is 5.39 Å². The van der Waals surface area contributed by atoms with E-state index in [1.807, 2.05) is 49.2 Å². The Morgan fingerprint density at radius 3 is 2.61 bits per heavy atom. The predicted octanol–water partition coefficient (Wildman–Crippen LogP) is 2.25. The van der Waals surface area contributed by atoms with E-state index in [0.717, 1.165) is 33.5 Å². The maximum absolute atomic E-state index is 9.06. The third-order valence-corrected chi connectivity index (χ3v) is 3.73. The zero-order valence-electron chi connectivity index (χ0n) is 13.7. The maximum Gasteiger partial charge on any atom is 0.160 e. The van der Waals surface area contributed by atoms with Gasteiger partial charge in [-0.1, -0.05) is 0 Å². The van der Waals surface area contributed by atoms with Crippen molar-refractivity contribution in [2.24, 2.45) is 0 Å². The van der Waals surface area contributed by atoms with Crippen LogP contribution in [0.25, 0.3) is 22.2 Å². The fraction of sp³-hybridized carbons (Fsp3) is 0.353. The van der Waals surface area contributed by atoms with E-state index >= 15 is 0 Å². The Balaban J connectivity index is 2.12. The fourth-order valence-corrected chi connectivity index (χ4v) is 2.62. The van der Waals surface area contributed by atoms with E-state index < -0.39 is 0 Å². The lowest BCUT2D eigenvalue weighted by atomic mass is 10.1. The largest absolute Gasteiger partial charge is 0.396 e. The topological polar surface area (TPSA) is 67.1 Å². The number of aryl methyl sites for hydroxylation is 2. The third kappa shape index (κ3) is 3.03. The number of aromatic nitrogens is 4. The van der Waals surface area contributed by atoms with Gasteiger partial charge < -0.3 is 10.0 Å². The van der Waals surface area contributed by atoms with E-state index in [4.69, 9.17) is 5.11 Å². The standard InChI is InChI=1S/C17H21N5O/c1-12-7-13(10-18-9-12)14-8-15-16(19-11-14)22(5-4-6-23)20-17(15)21(2)3/h7-11,23H,4-6H2,1-3H3. The SMILES string of the molecule is Cc1cncc(-c2cnc3c(c2)c(N(C)C)nn3CCCO)c1. The average molecular weight is 311 g/mol. The number of fused-ring (bicyclic) bond motifs is 1. The summed E-state index contributed by atoms with van der Waals surface area (Å²) >= 11 is 0. The zero-order chi connectivity index (χ0) is 16.4. The first kappa shape index (κ1) is 15.4. The van der Waals surface area contributed by atoms with E-state index in [1.165, 1.54) is 0 Å². The van der Waals surface area contributed by atoms with E-state index in [1.54, 1.807) is 0 Å². The Labute approximate surface area is 135 Å². The Morgan fingerprint density at radius 2 is 1.91 bits per heavy atom. The quantitative estimate of drug-likeness (QED) is 0.783. The highest BCUT2D eigenvalue weighted by atomic mass is 16.3. The molecule has 0 aliphatic carbocycles. The molecule has 6 heteroatoms. The van der Waals surface area contributed by atoms with E-state index in [-0.39, 0.29) is 6.61 Å². The second kappa shape index (κ2) is 6.34. The molecular weight excluding hydrogens is 290 g/mol. The lowest BCUT2D eigenvalue weighted by Gasteiger charge is -2.08. The van der Waals surface area contributed by atoms with Gasteiger partial charge in [0.1, 0.15) is 0 Å². The molecule has 0 unspecified atom stereocenters. The Kier molecular flexibility index (Phi) is 4.25. The van der Waals surface area contributed by atoms with Gasteiger partial charge in [0.25, 0.3) is 0 Å². The first-order chi connectivity index (χ1) is 11.1. The average Bonchev–Trinajstić information content (AvgIpc) is 2.91. The Bertz CT molecular complexity index is 825. The molecule has 0 aromatic carbocycles. The number of hydrogen-bond donors (Lipinski definition) is 1. The number of aliphatic hydroxyl groups is 1. The lowest BCUT2D eigenvalue weighted by molar-refractivity contribution is 0.278. The minimum Gasteiger partial charge on any atom is -0.396 e. The highest BCUT2D eigenvalue weighted by molar-refractivity contribution is 5.91. The van der Waals surface area contributed by atoms with Crippen LogP contribution in [0.3, 0.4) is 0 Å². The molecule has 0 fully saturated rings. The Hall–Kier alpha value is -2.47. The predicted molar refractivity (Wildman–Crippen MR) is 91.5 cm³/mol. The van der Waals surface area contributed by atoms with Crippen molar-refractivity contribution >= 4 is 16.9 Å². The summed E-state index contributed by atoms with van der Waals surface area (Å²) in [7, 11) is 3.94. The fourth-order valence-electron chi connectivity index (χ4n) is 2.62. The van der Waals surface area contributed by atoms with Gasteiger partial charge in [-0.05, 0) is 31.0 Å². The summed E-state index contributed by atoms with van der Waals surface area (Å²) in [4.78, 5) is 10.8. The molecule has 6 nitrogen and oxygen atoms in total. The number of pyridine rings is 2. The van der Waals surface area contributed by atoms with Gasteiger partial charge in [0.2, 0.25) is 0 Å². The highest BCUT2D eigenvalue weighted by Gasteiger charge is 2.14. The van der Waals surface area contributed by atoms with Gasteiger partial charge in [-0.3, -0.25) is 4.98 Å². The van der Waals surface area contributed by atoms with Crippen molar-refractivity contribution < 1.29 is 5.11 Å². The van der Waals surface area contributed by atoms with Crippen molar-refractivity contribution in [2.45, 2.75) is 19.9 Å². The molecule has 0 amide bonds. The third-order valence-electron chi connectivity index (χ3n) is 3.73. The summed E-state index contributed by atoms with van der Waals surface area (Å²) in [5.41, 5.74) is 4.03. The van der Waals surface area contributed by atoms with Gasteiger partial charge in [0.15, 0.2) is 11.5 Å². The molecule has 3 aromatic rings. The van der Waals surface area contributed by atoms with E-state index in [9.17, 15) is 0 Å². The monoisotopic (exact) mass is 311 g/mol. The van der Waals surface area contributed by atoms with Crippen molar-refractivity contribution in [3.05, 3.63) is 36.3 Å². The van der Waals surface area contributed by atoms with Crippen molar-refractivity contribution in [1.82, 2.24) is 19.7 Å². The number of aliphatic hydroxyl groups excluding tert-OH is 1. The molecule has 1 N–H and O–H groups in total. The molecule has 0 radical (unpaired) electrons. The summed E-state index contributed by atoms with van der Waals surface area (Å²) in [5.74, 6) is 0.882. The molecular formula is C17H21N5O. The molecule has 120 valence electrons. The molecule has 0 bridgehead atoms. The molecule has 0 saturated carbocycles. The van der Waals surface area contributed by atoms with Crippen molar-refractivity contribution in [3.63, 3.8) is 0 Å². The molecule has 3 aromatic heterocycles. The van der Waals surface area contributed by atoms with Gasteiger partial charge in [-0.25, -0.2) is 9.67 Å². The summed E-state index contributed by atoms with van der Waals surface area (Å²) < 4.78 is 1.86. The van der Waals surface area contributed by atoms with Crippen LogP contribution in [-0.2, 0) is 6.54 Å². The molecule has 23 heavy (non-hydrogen) atoms. The molecule has 3 heterocycles. The summed E-state index contributed by atoms with van der Waals surface area (Å²) in [5, 5.41) is 14.7. The van der Waals surface area contributed by atoms with E-state index in [2.05, 4.69) is 27.2 Å². The molecule has 0 spiro atoms. The van der Waals surface area contributed by atoms with Crippen LogP contribution in [0.4, 0.5) is 5.82 Å². The number of hydrogen-bond acceptors (Lipinski definition) is 5. The van der Waals surface area contributed by atoms with Crippen LogP contribution in [0.1, 0.15) is 12.0 Å². The maximum atomic E-state index is 9.06. The first-order valence-electron chi connectivity index (χ1n) is 7.67. The highest BCUT2D eigenvalue weighted by Crippen LogP contribution is 2.28. The van der Waals surface area contributed by atoms with Gasteiger partial charge in [-0.2, -0.15) is 5.10 Å². The van der Waals surface area contributed by atoms with Crippen molar-refractivity contribution in [2.75, 3.05) is 25.6 Å². The van der Waals surface area contributed by atoms with E-state index in [0.29, 0.717) is 13.0 Å². The van der Waals surface area contributed by atoms with Gasteiger partial charge >= 0.3 is 0 Å². The molecule has 0 saturated heterocycles. The van der Waals surface area contributed by atoms with Crippen molar-refractivity contribution in [3.8, 4) is 11.1 Å². The second-order valence-electron chi connectivity index (χ2n) is 5.86. The summed E-state index contributed by atoms with van der Waals surface area (Å²) in [6.07, 6.45) is 6.21. The van der Waals surface area contributed by atoms with Gasteiger partial charge in [-0.15, -0.1) is 0 Å². The molecule has 3 rings (SSSR count).